The first-order valence-electron chi connectivity index (χ1n) is 8.53. The van der Waals surface area contributed by atoms with Crippen LogP contribution in [0.2, 0.25) is 5.02 Å². The van der Waals surface area contributed by atoms with Crippen molar-refractivity contribution in [1.82, 2.24) is 15.5 Å². The van der Waals surface area contributed by atoms with Crippen LogP contribution in [0, 0.1) is 5.92 Å². The van der Waals surface area contributed by atoms with E-state index in [1.165, 1.54) is 0 Å². The molecule has 1 aliphatic heterocycles. The number of nitrogens with zero attached hydrogens (tertiary/aromatic N) is 2. The summed E-state index contributed by atoms with van der Waals surface area (Å²) in [5.74, 6) is 1.54. The third-order valence-electron chi connectivity index (χ3n) is 4.51. The molecule has 0 atom stereocenters. The van der Waals surface area contributed by atoms with Crippen molar-refractivity contribution in [2.45, 2.75) is 25.7 Å². The molecule has 1 aromatic carbocycles. The molecule has 25 heavy (non-hydrogen) atoms. The van der Waals surface area contributed by atoms with Crippen molar-refractivity contribution in [2.75, 3.05) is 33.7 Å². The summed E-state index contributed by atoms with van der Waals surface area (Å²) in [6.45, 7) is 2.68. The van der Waals surface area contributed by atoms with Gasteiger partial charge in [-0.3, -0.25) is 9.79 Å². The fraction of sp³-hybridized carbons (Fsp3) is 0.556. The van der Waals surface area contributed by atoms with Crippen LogP contribution in [0.5, 0.6) is 0 Å². The molecule has 0 bridgehead atoms. The number of halogens is 2. The lowest BCUT2D eigenvalue weighted by molar-refractivity contribution is -0.121. The van der Waals surface area contributed by atoms with Crippen molar-refractivity contribution < 1.29 is 4.79 Å². The molecule has 0 spiro atoms. The third kappa shape index (κ3) is 7.01. The van der Waals surface area contributed by atoms with E-state index in [9.17, 15) is 4.79 Å². The van der Waals surface area contributed by atoms with Gasteiger partial charge in [-0.05, 0) is 36.8 Å². The summed E-state index contributed by atoms with van der Waals surface area (Å²) in [4.78, 5) is 18.1. The molecule has 0 aromatic heterocycles. The number of hydrogen-bond donors (Lipinski definition) is 2. The molecule has 1 fully saturated rings. The van der Waals surface area contributed by atoms with Crippen molar-refractivity contribution in [3.05, 3.63) is 34.9 Å². The van der Waals surface area contributed by atoms with Crippen LogP contribution in [0.1, 0.15) is 24.8 Å². The van der Waals surface area contributed by atoms with Gasteiger partial charge in [-0.1, -0.05) is 29.8 Å². The number of rotatable bonds is 5. The molecule has 1 heterocycles. The van der Waals surface area contributed by atoms with E-state index in [2.05, 4.69) is 26.6 Å². The van der Waals surface area contributed by atoms with Gasteiger partial charge in [0.1, 0.15) is 0 Å². The Balaban J connectivity index is 0.00000312. The monoisotopic (exact) mass is 478 g/mol. The number of likely N-dealkylation sites (tertiary alicyclic amines) is 1. The Morgan fingerprint density at radius 3 is 2.60 bits per heavy atom. The largest absolute Gasteiger partial charge is 0.359 e. The lowest BCUT2D eigenvalue weighted by Gasteiger charge is -2.34. The lowest BCUT2D eigenvalue weighted by Crippen LogP contribution is -2.46. The van der Waals surface area contributed by atoms with Crippen LogP contribution in [0.3, 0.4) is 0 Å². The van der Waals surface area contributed by atoms with Gasteiger partial charge < -0.3 is 15.5 Å². The lowest BCUT2D eigenvalue weighted by atomic mass is 9.93. The van der Waals surface area contributed by atoms with E-state index < -0.39 is 0 Å². The molecule has 1 aliphatic rings. The van der Waals surface area contributed by atoms with Gasteiger partial charge in [-0.2, -0.15) is 0 Å². The number of amides is 1. The normalized spacial score (nSPS) is 15.5. The molecule has 1 saturated heterocycles. The summed E-state index contributed by atoms with van der Waals surface area (Å²) in [5.41, 5.74) is 1.14. The van der Waals surface area contributed by atoms with Crippen LogP contribution in [0.25, 0.3) is 0 Å². The molecular formula is C18H28ClIN4O. The van der Waals surface area contributed by atoms with E-state index in [1.54, 1.807) is 7.05 Å². The summed E-state index contributed by atoms with van der Waals surface area (Å²) in [7, 11) is 3.51. The Bertz CT molecular complexity index is 574. The smallest absolute Gasteiger partial charge is 0.220 e. The third-order valence-corrected chi connectivity index (χ3v) is 4.88. The van der Waals surface area contributed by atoms with Gasteiger partial charge in [0, 0.05) is 45.2 Å². The zero-order chi connectivity index (χ0) is 17.4. The second kappa shape index (κ2) is 11.6. The maximum absolute atomic E-state index is 11.5. The van der Waals surface area contributed by atoms with E-state index in [0.717, 1.165) is 55.4 Å². The zero-order valence-corrected chi connectivity index (χ0v) is 18.0. The molecule has 1 amide bonds. The first-order chi connectivity index (χ1) is 11.6. The Morgan fingerprint density at radius 1 is 1.32 bits per heavy atom. The van der Waals surface area contributed by atoms with Crippen LogP contribution >= 0.6 is 35.6 Å². The van der Waals surface area contributed by atoms with Gasteiger partial charge in [0.2, 0.25) is 5.91 Å². The van der Waals surface area contributed by atoms with E-state index in [0.29, 0.717) is 12.3 Å². The quantitative estimate of drug-likeness (QED) is 0.389. The molecule has 0 unspecified atom stereocenters. The minimum Gasteiger partial charge on any atom is -0.359 e. The van der Waals surface area contributed by atoms with E-state index in [4.69, 9.17) is 11.6 Å². The number of piperidine rings is 1. The first-order valence-corrected chi connectivity index (χ1v) is 8.91. The number of hydrogen-bond acceptors (Lipinski definition) is 2. The van der Waals surface area contributed by atoms with Crippen LogP contribution in [0.4, 0.5) is 0 Å². The van der Waals surface area contributed by atoms with E-state index >= 15 is 0 Å². The van der Waals surface area contributed by atoms with Crippen LogP contribution in [-0.2, 0) is 11.2 Å². The Hall–Kier alpha value is -1.02. The standard InChI is InChI=1S/C18H27ClN4O.HI/c1-20-17(24)13-14-8-11-23(12-9-14)18(21-2)22-10-7-15-5-3-4-6-16(15)19;/h3-6,14H,7-13H2,1-2H3,(H,20,24)(H,21,22);1H. The Morgan fingerprint density at radius 2 is 2.00 bits per heavy atom. The molecule has 0 radical (unpaired) electrons. The highest BCUT2D eigenvalue weighted by Gasteiger charge is 2.22. The highest BCUT2D eigenvalue weighted by molar-refractivity contribution is 14.0. The molecule has 140 valence electrons. The summed E-state index contributed by atoms with van der Waals surface area (Å²) < 4.78 is 0. The van der Waals surface area contributed by atoms with Gasteiger partial charge in [-0.25, -0.2) is 0 Å². The Kier molecular flexibility index (Phi) is 10.2. The van der Waals surface area contributed by atoms with E-state index in [-0.39, 0.29) is 29.9 Å². The summed E-state index contributed by atoms with van der Waals surface area (Å²) in [5, 5.41) is 6.94. The minimum absolute atomic E-state index is 0. The summed E-state index contributed by atoms with van der Waals surface area (Å²) >= 11 is 6.19. The number of nitrogens with one attached hydrogen (secondary N) is 2. The maximum Gasteiger partial charge on any atom is 0.220 e. The minimum atomic E-state index is 0. The number of carbonyl (C=O) groups excluding carboxylic acids is 1. The topological polar surface area (TPSA) is 56.7 Å². The molecule has 2 N–H and O–H groups in total. The fourth-order valence-electron chi connectivity index (χ4n) is 3.06. The Labute approximate surface area is 172 Å². The van der Waals surface area contributed by atoms with Crippen LogP contribution in [0.15, 0.2) is 29.3 Å². The average molecular weight is 479 g/mol. The van der Waals surface area contributed by atoms with Crippen LogP contribution < -0.4 is 10.6 Å². The number of guanidine groups is 1. The number of benzene rings is 1. The van der Waals surface area contributed by atoms with Gasteiger partial charge in [-0.15, -0.1) is 24.0 Å². The van der Waals surface area contributed by atoms with Crippen molar-refractivity contribution in [3.63, 3.8) is 0 Å². The summed E-state index contributed by atoms with van der Waals surface area (Å²) in [6, 6.07) is 7.92. The number of carbonyl (C=O) groups is 1. The summed E-state index contributed by atoms with van der Waals surface area (Å²) in [6.07, 6.45) is 3.55. The van der Waals surface area contributed by atoms with Gasteiger partial charge in [0.15, 0.2) is 5.96 Å². The predicted octanol–water partition coefficient (Wildman–Crippen LogP) is 2.92. The number of aliphatic imine (C=N–C) groups is 1. The molecule has 2 rings (SSSR count). The maximum atomic E-state index is 11.5. The van der Waals surface area contributed by atoms with E-state index in [1.807, 2.05) is 25.2 Å². The van der Waals surface area contributed by atoms with Crippen LogP contribution in [-0.4, -0.2) is 50.5 Å². The first kappa shape index (κ1) is 22.0. The van der Waals surface area contributed by atoms with Crippen molar-refractivity contribution in [1.29, 1.82) is 0 Å². The second-order valence-corrected chi connectivity index (χ2v) is 6.53. The van der Waals surface area contributed by atoms with Crippen molar-refractivity contribution in [2.24, 2.45) is 10.9 Å². The highest BCUT2D eigenvalue weighted by Crippen LogP contribution is 2.20. The zero-order valence-electron chi connectivity index (χ0n) is 14.9. The fourth-order valence-corrected chi connectivity index (χ4v) is 3.29. The molecule has 5 nitrogen and oxygen atoms in total. The van der Waals surface area contributed by atoms with Gasteiger partial charge in [0.25, 0.3) is 0 Å². The van der Waals surface area contributed by atoms with Crippen molar-refractivity contribution >= 4 is 47.4 Å². The highest BCUT2D eigenvalue weighted by atomic mass is 127. The predicted molar refractivity (Wildman–Crippen MR) is 115 cm³/mol. The molecule has 7 heteroatoms. The second-order valence-electron chi connectivity index (χ2n) is 6.12. The van der Waals surface area contributed by atoms with Crippen molar-refractivity contribution in [3.8, 4) is 0 Å². The molecule has 1 aromatic rings. The average Bonchev–Trinajstić information content (AvgIpc) is 2.61. The van der Waals surface area contributed by atoms with Gasteiger partial charge in [0.05, 0.1) is 0 Å². The van der Waals surface area contributed by atoms with Gasteiger partial charge >= 0.3 is 0 Å². The molecular weight excluding hydrogens is 451 g/mol. The molecule has 0 saturated carbocycles. The molecule has 0 aliphatic carbocycles. The SMILES string of the molecule is CN=C(NCCc1ccccc1Cl)N1CCC(CC(=O)NC)CC1.I.